The van der Waals surface area contributed by atoms with Gasteiger partial charge < -0.3 is 10.5 Å². The lowest BCUT2D eigenvalue weighted by molar-refractivity contribution is -0.143. The zero-order valence-electron chi connectivity index (χ0n) is 12.8. The fourth-order valence-electron chi connectivity index (χ4n) is 2.00. The van der Waals surface area contributed by atoms with E-state index in [-0.39, 0.29) is 30.3 Å². The molecule has 0 fully saturated rings. The number of anilines is 1. The predicted octanol–water partition coefficient (Wildman–Crippen LogP) is 1.46. The molecule has 0 aliphatic rings. The minimum Gasteiger partial charge on any atom is -0.465 e. The van der Waals surface area contributed by atoms with Crippen LogP contribution in [0.15, 0.2) is 17.0 Å². The first-order chi connectivity index (χ1) is 9.75. The molecule has 0 saturated carbocycles. The molecule has 0 heterocycles. The number of esters is 1. The topological polar surface area (TPSA) is 89.7 Å². The van der Waals surface area contributed by atoms with Gasteiger partial charge >= 0.3 is 5.97 Å². The van der Waals surface area contributed by atoms with E-state index in [0.29, 0.717) is 11.1 Å². The van der Waals surface area contributed by atoms with Crippen molar-refractivity contribution in [2.45, 2.75) is 32.6 Å². The molecule has 0 radical (unpaired) electrons. The highest BCUT2D eigenvalue weighted by Crippen LogP contribution is 2.28. The molecular weight excluding hydrogens is 292 g/mol. The van der Waals surface area contributed by atoms with E-state index in [4.69, 9.17) is 10.5 Å². The smallest absolute Gasteiger partial charge is 0.321 e. The third-order valence-electron chi connectivity index (χ3n) is 3.17. The van der Waals surface area contributed by atoms with E-state index < -0.39 is 16.0 Å². The average Bonchev–Trinajstić information content (AvgIpc) is 2.40. The van der Waals surface area contributed by atoms with Crippen molar-refractivity contribution in [2.24, 2.45) is 0 Å². The quantitative estimate of drug-likeness (QED) is 0.634. The zero-order valence-corrected chi connectivity index (χ0v) is 13.7. The van der Waals surface area contributed by atoms with Gasteiger partial charge in [0.25, 0.3) is 0 Å². The van der Waals surface area contributed by atoms with Crippen LogP contribution < -0.4 is 5.73 Å². The Morgan fingerprint density at radius 2 is 1.81 bits per heavy atom. The van der Waals surface area contributed by atoms with Gasteiger partial charge in [0.15, 0.2) is 0 Å². The van der Waals surface area contributed by atoms with E-state index >= 15 is 0 Å². The SMILES string of the molecule is CCOC(=O)CN(CC)S(=O)(=O)c1c(C)ccc(C)c1N. The first-order valence-electron chi connectivity index (χ1n) is 6.77. The Morgan fingerprint density at radius 3 is 2.33 bits per heavy atom. The second-order valence-electron chi connectivity index (χ2n) is 4.68. The maximum Gasteiger partial charge on any atom is 0.321 e. The molecule has 0 amide bonds. The Bertz CT molecular complexity index is 626. The lowest BCUT2D eigenvalue weighted by atomic mass is 10.1. The third kappa shape index (κ3) is 3.74. The van der Waals surface area contributed by atoms with Crippen molar-refractivity contribution in [1.82, 2.24) is 4.31 Å². The summed E-state index contributed by atoms with van der Waals surface area (Å²) in [6, 6.07) is 3.47. The van der Waals surface area contributed by atoms with E-state index in [1.165, 1.54) is 0 Å². The maximum absolute atomic E-state index is 12.7. The lowest BCUT2D eigenvalue weighted by Gasteiger charge is -2.22. The number of sulfonamides is 1. The van der Waals surface area contributed by atoms with E-state index in [2.05, 4.69) is 0 Å². The van der Waals surface area contributed by atoms with Crippen molar-refractivity contribution in [3.05, 3.63) is 23.3 Å². The van der Waals surface area contributed by atoms with Gasteiger partial charge in [0.05, 0.1) is 12.3 Å². The van der Waals surface area contributed by atoms with Gasteiger partial charge in [0.1, 0.15) is 11.4 Å². The molecular formula is C14H22N2O4S. The number of hydrogen-bond acceptors (Lipinski definition) is 5. The maximum atomic E-state index is 12.7. The number of nitrogen functional groups attached to an aromatic ring is 1. The van der Waals surface area contributed by atoms with Gasteiger partial charge in [-0.05, 0) is 31.9 Å². The van der Waals surface area contributed by atoms with Crippen molar-refractivity contribution < 1.29 is 17.9 Å². The molecule has 7 heteroatoms. The van der Waals surface area contributed by atoms with Gasteiger partial charge in [-0.1, -0.05) is 19.1 Å². The Balaban J connectivity index is 3.26. The molecule has 0 saturated heterocycles. The molecule has 1 aromatic rings. The van der Waals surface area contributed by atoms with Gasteiger partial charge in [-0.15, -0.1) is 0 Å². The summed E-state index contributed by atoms with van der Waals surface area (Å²) in [7, 11) is -3.84. The molecule has 0 aliphatic heterocycles. The summed E-state index contributed by atoms with van der Waals surface area (Å²) in [6.45, 7) is 6.81. The Labute approximate surface area is 125 Å². The molecule has 0 atom stereocenters. The van der Waals surface area contributed by atoms with Crippen LogP contribution in [-0.4, -0.2) is 38.4 Å². The average molecular weight is 314 g/mol. The van der Waals surface area contributed by atoms with Crippen molar-refractivity contribution >= 4 is 21.7 Å². The molecule has 21 heavy (non-hydrogen) atoms. The van der Waals surface area contributed by atoms with E-state index in [9.17, 15) is 13.2 Å². The second kappa shape index (κ2) is 6.91. The van der Waals surface area contributed by atoms with E-state index in [1.54, 1.807) is 39.8 Å². The van der Waals surface area contributed by atoms with Gasteiger partial charge in [-0.25, -0.2) is 8.42 Å². The molecule has 0 aromatic heterocycles. The van der Waals surface area contributed by atoms with E-state index in [1.807, 2.05) is 0 Å². The molecule has 118 valence electrons. The number of carbonyl (C=O) groups excluding carboxylic acids is 1. The Morgan fingerprint density at radius 1 is 1.24 bits per heavy atom. The van der Waals surface area contributed by atoms with Crippen molar-refractivity contribution in [3.63, 3.8) is 0 Å². The molecule has 0 spiro atoms. The second-order valence-corrected chi connectivity index (χ2v) is 6.55. The fraction of sp³-hybridized carbons (Fsp3) is 0.500. The van der Waals surface area contributed by atoms with Crippen molar-refractivity contribution in [3.8, 4) is 0 Å². The van der Waals surface area contributed by atoms with Crippen LogP contribution in [0.2, 0.25) is 0 Å². The molecule has 1 aromatic carbocycles. The number of likely N-dealkylation sites (N-methyl/N-ethyl adjacent to an activating group) is 1. The summed E-state index contributed by atoms with van der Waals surface area (Å²) in [5.74, 6) is -0.577. The number of nitrogens with two attached hydrogens (primary N) is 1. The van der Waals surface area contributed by atoms with Crippen LogP contribution in [0.4, 0.5) is 5.69 Å². The highest BCUT2D eigenvalue weighted by molar-refractivity contribution is 7.89. The number of benzene rings is 1. The van der Waals surface area contributed by atoms with Crippen LogP contribution >= 0.6 is 0 Å². The number of aryl methyl sites for hydroxylation is 2. The van der Waals surface area contributed by atoms with Crippen LogP contribution in [0.3, 0.4) is 0 Å². The Hall–Kier alpha value is -1.60. The van der Waals surface area contributed by atoms with Crippen molar-refractivity contribution in [1.29, 1.82) is 0 Å². The number of hydrogen-bond donors (Lipinski definition) is 1. The van der Waals surface area contributed by atoms with Gasteiger partial charge in [0, 0.05) is 6.54 Å². The van der Waals surface area contributed by atoms with Gasteiger partial charge in [-0.2, -0.15) is 4.31 Å². The molecule has 0 aliphatic carbocycles. The fourth-order valence-corrected chi connectivity index (χ4v) is 3.78. The summed E-state index contributed by atoms with van der Waals surface area (Å²) in [5.41, 5.74) is 7.39. The van der Waals surface area contributed by atoms with Crippen LogP contribution in [0.5, 0.6) is 0 Å². The van der Waals surface area contributed by atoms with Gasteiger partial charge in [0.2, 0.25) is 10.0 Å². The highest BCUT2D eigenvalue weighted by Gasteiger charge is 2.29. The number of carbonyl (C=O) groups is 1. The summed E-state index contributed by atoms with van der Waals surface area (Å²) >= 11 is 0. The molecule has 6 nitrogen and oxygen atoms in total. The predicted molar refractivity (Wildman–Crippen MR) is 81.4 cm³/mol. The number of nitrogens with zero attached hydrogens (tertiary/aromatic N) is 1. The summed E-state index contributed by atoms with van der Waals surface area (Å²) < 4.78 is 31.4. The summed E-state index contributed by atoms with van der Waals surface area (Å²) in [4.78, 5) is 11.6. The largest absolute Gasteiger partial charge is 0.465 e. The third-order valence-corrected chi connectivity index (χ3v) is 5.30. The first-order valence-corrected chi connectivity index (χ1v) is 8.21. The van der Waals surface area contributed by atoms with E-state index in [0.717, 1.165) is 4.31 Å². The molecule has 1 rings (SSSR count). The monoisotopic (exact) mass is 314 g/mol. The normalized spacial score (nSPS) is 11.7. The van der Waals surface area contributed by atoms with Crippen LogP contribution in [0.25, 0.3) is 0 Å². The molecule has 0 bridgehead atoms. The van der Waals surface area contributed by atoms with Gasteiger partial charge in [-0.3, -0.25) is 4.79 Å². The van der Waals surface area contributed by atoms with Crippen LogP contribution in [-0.2, 0) is 19.6 Å². The lowest BCUT2D eigenvalue weighted by Crippen LogP contribution is -2.37. The summed E-state index contributed by atoms with van der Waals surface area (Å²) in [5, 5.41) is 0. The number of ether oxygens (including phenoxy) is 1. The standard InChI is InChI=1S/C14H22N2O4S/c1-5-16(9-12(17)20-6-2)21(18,19)14-11(4)8-7-10(3)13(14)15/h7-8H,5-6,9,15H2,1-4H3. The highest BCUT2D eigenvalue weighted by atomic mass is 32.2. The minimum absolute atomic E-state index is 0.0636. The molecule has 2 N–H and O–H groups in total. The summed E-state index contributed by atoms with van der Waals surface area (Å²) in [6.07, 6.45) is 0. The zero-order chi connectivity index (χ0) is 16.2. The van der Waals surface area contributed by atoms with Crippen LogP contribution in [0, 0.1) is 13.8 Å². The first kappa shape index (κ1) is 17.5. The molecule has 0 unspecified atom stereocenters. The van der Waals surface area contributed by atoms with Crippen LogP contribution in [0.1, 0.15) is 25.0 Å². The Kier molecular flexibility index (Phi) is 5.74. The number of rotatable bonds is 6. The van der Waals surface area contributed by atoms with Crippen molar-refractivity contribution in [2.75, 3.05) is 25.4 Å². The minimum atomic E-state index is -3.84.